The number of para-hydroxylation sites is 1. The third-order valence-corrected chi connectivity index (χ3v) is 5.49. The quantitative estimate of drug-likeness (QED) is 0.613. The molecule has 5 rings (SSSR count). The Bertz CT molecular complexity index is 992. The fourth-order valence-corrected chi connectivity index (χ4v) is 4.22. The Morgan fingerprint density at radius 1 is 1.00 bits per heavy atom. The molecule has 1 fully saturated rings. The summed E-state index contributed by atoms with van der Waals surface area (Å²) in [5, 5.41) is 7.63. The van der Waals surface area contributed by atoms with Crippen molar-refractivity contribution in [2.24, 2.45) is 0 Å². The molecule has 0 aliphatic carbocycles. The van der Waals surface area contributed by atoms with Crippen molar-refractivity contribution in [2.45, 2.75) is 18.8 Å². The highest BCUT2D eigenvalue weighted by Gasteiger charge is 2.30. The third-order valence-electron chi connectivity index (χ3n) is 5.49. The van der Waals surface area contributed by atoms with Crippen molar-refractivity contribution in [3.05, 3.63) is 65.4 Å². The van der Waals surface area contributed by atoms with Crippen LogP contribution >= 0.6 is 0 Å². The number of piperidine rings is 1. The number of benzene rings is 2. The van der Waals surface area contributed by atoms with Gasteiger partial charge in [0.2, 0.25) is 0 Å². The van der Waals surface area contributed by atoms with Gasteiger partial charge in [0.1, 0.15) is 0 Å². The highest BCUT2D eigenvalue weighted by atomic mass is 16.2. The van der Waals surface area contributed by atoms with E-state index < -0.39 is 0 Å². The summed E-state index contributed by atoms with van der Waals surface area (Å²) in [6, 6.07) is 16.5. The van der Waals surface area contributed by atoms with Gasteiger partial charge in [-0.3, -0.25) is 4.79 Å². The molecule has 0 unspecified atom stereocenters. The molecule has 2 aliphatic rings. The first-order chi connectivity index (χ1) is 12.8. The lowest BCUT2D eigenvalue weighted by atomic mass is 9.85. The van der Waals surface area contributed by atoms with Gasteiger partial charge in [-0.2, -0.15) is 0 Å². The standard InChI is InChI=1S/C22H21N3O/c26-22-18(13-16-12-15-4-1-2-6-19(15)24-16)21-17(5-3-7-20(21)25-22)14-8-10-23-11-9-14/h1-7,12-14,23-24H,8-11H2,(H,25,26)/b18-13-. The van der Waals surface area contributed by atoms with E-state index in [-0.39, 0.29) is 5.91 Å². The van der Waals surface area contributed by atoms with Gasteiger partial charge in [-0.25, -0.2) is 0 Å². The molecule has 0 radical (unpaired) electrons. The zero-order chi connectivity index (χ0) is 17.5. The van der Waals surface area contributed by atoms with Crippen LogP contribution in [0.5, 0.6) is 0 Å². The Hall–Kier alpha value is -2.85. The number of nitrogens with one attached hydrogen (secondary N) is 3. The number of aromatic amines is 1. The Balaban J connectivity index is 1.62. The number of fused-ring (bicyclic) bond motifs is 2. The summed E-state index contributed by atoms with van der Waals surface area (Å²) in [5.74, 6) is 0.491. The smallest absolute Gasteiger partial charge is 0.256 e. The summed E-state index contributed by atoms with van der Waals surface area (Å²) in [5.41, 5.74) is 6.13. The molecule has 0 atom stereocenters. The molecule has 2 aliphatic heterocycles. The van der Waals surface area contributed by atoms with Gasteiger partial charge in [-0.1, -0.05) is 30.3 Å². The van der Waals surface area contributed by atoms with Gasteiger partial charge in [0, 0.05) is 22.5 Å². The van der Waals surface area contributed by atoms with E-state index in [0.717, 1.165) is 59.4 Å². The minimum absolute atomic E-state index is 0.0139. The van der Waals surface area contributed by atoms with Crippen molar-refractivity contribution in [1.82, 2.24) is 10.3 Å². The third kappa shape index (κ3) is 2.54. The Kier molecular flexibility index (Phi) is 3.64. The molecule has 130 valence electrons. The van der Waals surface area contributed by atoms with Gasteiger partial charge >= 0.3 is 0 Å². The largest absolute Gasteiger partial charge is 0.355 e. The van der Waals surface area contributed by atoms with E-state index in [2.05, 4.69) is 45.9 Å². The van der Waals surface area contributed by atoms with Crippen LogP contribution in [-0.2, 0) is 4.79 Å². The van der Waals surface area contributed by atoms with Crippen LogP contribution in [0.25, 0.3) is 22.6 Å². The first-order valence-corrected chi connectivity index (χ1v) is 9.24. The summed E-state index contributed by atoms with van der Waals surface area (Å²) in [7, 11) is 0. The number of carbonyl (C=O) groups excluding carboxylic acids is 1. The molecule has 1 saturated heterocycles. The fraction of sp³-hybridized carbons (Fsp3) is 0.227. The van der Waals surface area contributed by atoms with Crippen LogP contribution < -0.4 is 10.6 Å². The highest BCUT2D eigenvalue weighted by Crippen LogP contribution is 2.41. The van der Waals surface area contributed by atoms with Crippen LogP contribution in [0.1, 0.15) is 35.6 Å². The minimum atomic E-state index is -0.0139. The van der Waals surface area contributed by atoms with Crippen molar-refractivity contribution in [1.29, 1.82) is 0 Å². The first-order valence-electron chi connectivity index (χ1n) is 9.24. The molecule has 26 heavy (non-hydrogen) atoms. The molecule has 3 aromatic rings. The van der Waals surface area contributed by atoms with Gasteiger partial charge in [0.25, 0.3) is 5.91 Å². The lowest BCUT2D eigenvalue weighted by molar-refractivity contribution is -0.110. The zero-order valence-corrected chi connectivity index (χ0v) is 14.5. The van der Waals surface area contributed by atoms with E-state index in [0.29, 0.717) is 5.92 Å². The summed E-state index contributed by atoms with van der Waals surface area (Å²) in [6.45, 7) is 2.08. The molecule has 0 spiro atoms. The van der Waals surface area contributed by atoms with Crippen LogP contribution in [0.4, 0.5) is 5.69 Å². The topological polar surface area (TPSA) is 56.9 Å². The van der Waals surface area contributed by atoms with Crippen LogP contribution in [0.2, 0.25) is 0 Å². The summed E-state index contributed by atoms with van der Waals surface area (Å²) in [4.78, 5) is 16.1. The number of H-pyrrole nitrogens is 1. The van der Waals surface area contributed by atoms with Crippen molar-refractivity contribution >= 4 is 34.1 Å². The second kappa shape index (κ2) is 6.15. The van der Waals surface area contributed by atoms with E-state index in [9.17, 15) is 4.79 Å². The molecule has 1 aromatic heterocycles. The summed E-state index contributed by atoms with van der Waals surface area (Å²) >= 11 is 0. The number of aromatic nitrogens is 1. The fourth-order valence-electron chi connectivity index (χ4n) is 4.22. The van der Waals surface area contributed by atoms with Gasteiger partial charge < -0.3 is 15.6 Å². The van der Waals surface area contributed by atoms with E-state index in [4.69, 9.17) is 0 Å². The minimum Gasteiger partial charge on any atom is -0.355 e. The maximum Gasteiger partial charge on any atom is 0.256 e. The number of hydrogen-bond acceptors (Lipinski definition) is 2. The van der Waals surface area contributed by atoms with Crippen molar-refractivity contribution in [3.63, 3.8) is 0 Å². The van der Waals surface area contributed by atoms with E-state index in [1.54, 1.807) is 0 Å². The van der Waals surface area contributed by atoms with Gasteiger partial charge in [-0.05, 0) is 67.1 Å². The van der Waals surface area contributed by atoms with E-state index in [1.165, 1.54) is 5.56 Å². The van der Waals surface area contributed by atoms with E-state index in [1.807, 2.05) is 24.3 Å². The summed E-state index contributed by atoms with van der Waals surface area (Å²) < 4.78 is 0. The average Bonchev–Trinajstić information content (AvgIpc) is 3.23. The van der Waals surface area contributed by atoms with E-state index >= 15 is 0 Å². The molecule has 0 bridgehead atoms. The average molecular weight is 343 g/mol. The normalized spacial score (nSPS) is 19.1. The first kappa shape index (κ1) is 15.4. The maximum absolute atomic E-state index is 12.7. The SMILES string of the molecule is O=C1Nc2cccc(C3CCNCC3)c2/C1=C/c1cc2ccccc2[nH]1. The molecular weight excluding hydrogens is 322 g/mol. The second-order valence-corrected chi connectivity index (χ2v) is 7.12. The molecule has 4 nitrogen and oxygen atoms in total. The Labute approximate surface area is 152 Å². The predicted molar refractivity (Wildman–Crippen MR) is 106 cm³/mol. The van der Waals surface area contributed by atoms with Crippen LogP contribution in [0.15, 0.2) is 48.5 Å². The number of rotatable bonds is 2. The molecule has 1 amide bonds. The van der Waals surface area contributed by atoms with Crippen LogP contribution in [-0.4, -0.2) is 24.0 Å². The molecule has 3 heterocycles. The van der Waals surface area contributed by atoms with Crippen LogP contribution in [0.3, 0.4) is 0 Å². The predicted octanol–water partition coefficient (Wildman–Crippen LogP) is 4.13. The van der Waals surface area contributed by atoms with Crippen LogP contribution in [0, 0.1) is 0 Å². The molecule has 4 heteroatoms. The lowest BCUT2D eigenvalue weighted by Crippen LogP contribution is -2.27. The van der Waals surface area contributed by atoms with Crippen molar-refractivity contribution in [3.8, 4) is 0 Å². The molecular formula is C22H21N3O. The highest BCUT2D eigenvalue weighted by molar-refractivity contribution is 6.35. The molecule has 3 N–H and O–H groups in total. The molecule has 0 saturated carbocycles. The van der Waals surface area contributed by atoms with Gasteiger partial charge in [0.15, 0.2) is 0 Å². The van der Waals surface area contributed by atoms with Gasteiger partial charge in [-0.15, -0.1) is 0 Å². The maximum atomic E-state index is 12.7. The number of carbonyl (C=O) groups is 1. The second-order valence-electron chi connectivity index (χ2n) is 7.12. The number of hydrogen-bond donors (Lipinski definition) is 3. The summed E-state index contributed by atoms with van der Waals surface area (Å²) in [6.07, 6.45) is 4.22. The monoisotopic (exact) mass is 343 g/mol. The molecule has 2 aromatic carbocycles. The Morgan fingerprint density at radius 3 is 2.69 bits per heavy atom. The van der Waals surface area contributed by atoms with Crippen molar-refractivity contribution < 1.29 is 4.79 Å². The number of amides is 1. The lowest BCUT2D eigenvalue weighted by Gasteiger charge is -2.24. The van der Waals surface area contributed by atoms with Crippen molar-refractivity contribution in [2.75, 3.05) is 18.4 Å². The Morgan fingerprint density at radius 2 is 1.85 bits per heavy atom. The number of anilines is 1. The van der Waals surface area contributed by atoms with Gasteiger partial charge in [0.05, 0.1) is 5.57 Å². The zero-order valence-electron chi connectivity index (χ0n) is 14.5.